The molecule has 4 nitrogen and oxygen atoms in total. The van der Waals surface area contributed by atoms with Gasteiger partial charge in [-0.2, -0.15) is 0 Å². The molecular formula is C12H18N4S. The van der Waals surface area contributed by atoms with Crippen LogP contribution in [0.1, 0.15) is 24.9 Å². The summed E-state index contributed by atoms with van der Waals surface area (Å²) in [7, 11) is 0. The molecule has 0 amide bonds. The molecule has 0 saturated heterocycles. The fraction of sp³-hybridized carbons (Fsp3) is 0.500. The summed E-state index contributed by atoms with van der Waals surface area (Å²) in [5.41, 5.74) is 3.04. The summed E-state index contributed by atoms with van der Waals surface area (Å²) in [5.74, 6) is 1.12. The van der Waals surface area contributed by atoms with Crippen LogP contribution in [0.5, 0.6) is 0 Å². The normalized spacial score (nSPS) is 10.9. The molecule has 0 bridgehead atoms. The van der Waals surface area contributed by atoms with Gasteiger partial charge in [-0.15, -0.1) is 11.3 Å². The Balaban J connectivity index is 1.72. The standard InChI is InChI=1S/C12H18N4S/c1-2-6-16-7-5-14-12(16)8-13-4-3-11-9-17-10-15-11/h5,7,9-10,13H,2-4,6,8H2,1H3. The Labute approximate surface area is 106 Å². The predicted octanol–water partition coefficient (Wildman–Crippen LogP) is 2.08. The molecular weight excluding hydrogens is 232 g/mol. The van der Waals surface area contributed by atoms with E-state index in [1.54, 1.807) is 11.3 Å². The molecule has 0 aliphatic heterocycles. The summed E-state index contributed by atoms with van der Waals surface area (Å²) in [4.78, 5) is 8.61. The maximum absolute atomic E-state index is 4.36. The molecule has 1 N–H and O–H groups in total. The molecule has 2 heterocycles. The zero-order valence-corrected chi connectivity index (χ0v) is 10.9. The van der Waals surface area contributed by atoms with Crippen molar-refractivity contribution in [2.24, 2.45) is 0 Å². The molecule has 2 aromatic rings. The van der Waals surface area contributed by atoms with Crippen LogP contribution >= 0.6 is 11.3 Å². The topological polar surface area (TPSA) is 42.7 Å². The molecule has 0 aromatic carbocycles. The van der Waals surface area contributed by atoms with Crippen molar-refractivity contribution in [1.29, 1.82) is 0 Å². The third kappa shape index (κ3) is 3.64. The molecule has 17 heavy (non-hydrogen) atoms. The molecule has 0 saturated carbocycles. The lowest BCUT2D eigenvalue weighted by atomic mass is 10.3. The monoisotopic (exact) mass is 250 g/mol. The lowest BCUT2D eigenvalue weighted by Gasteiger charge is -2.07. The molecule has 0 unspecified atom stereocenters. The second kappa shape index (κ2) is 6.51. The van der Waals surface area contributed by atoms with E-state index in [1.807, 2.05) is 17.9 Å². The molecule has 0 spiro atoms. The number of hydrogen-bond donors (Lipinski definition) is 1. The Bertz CT molecular complexity index is 421. The van der Waals surface area contributed by atoms with Gasteiger partial charge in [-0.1, -0.05) is 6.92 Å². The lowest BCUT2D eigenvalue weighted by Crippen LogP contribution is -2.19. The van der Waals surface area contributed by atoms with Crippen LogP contribution in [-0.2, 0) is 19.5 Å². The van der Waals surface area contributed by atoms with E-state index in [-0.39, 0.29) is 0 Å². The molecule has 2 aromatic heterocycles. The lowest BCUT2D eigenvalue weighted by molar-refractivity contribution is 0.588. The van der Waals surface area contributed by atoms with Crippen LogP contribution in [0.3, 0.4) is 0 Å². The molecule has 0 aliphatic carbocycles. The number of hydrogen-bond acceptors (Lipinski definition) is 4. The second-order valence-corrected chi connectivity index (χ2v) is 4.66. The first-order valence-electron chi connectivity index (χ1n) is 5.98. The SMILES string of the molecule is CCCn1ccnc1CNCCc1cscn1. The Morgan fingerprint density at radius 3 is 3.12 bits per heavy atom. The zero-order valence-electron chi connectivity index (χ0n) is 10.1. The summed E-state index contributed by atoms with van der Waals surface area (Å²) < 4.78 is 2.20. The van der Waals surface area contributed by atoms with Gasteiger partial charge in [0.05, 0.1) is 17.7 Å². The van der Waals surface area contributed by atoms with Crippen LogP contribution < -0.4 is 5.32 Å². The summed E-state index contributed by atoms with van der Waals surface area (Å²) in [5, 5.41) is 5.50. The van der Waals surface area contributed by atoms with Gasteiger partial charge in [-0.25, -0.2) is 9.97 Å². The highest BCUT2D eigenvalue weighted by molar-refractivity contribution is 7.07. The molecule has 92 valence electrons. The van der Waals surface area contributed by atoms with Crippen molar-refractivity contribution in [2.75, 3.05) is 6.54 Å². The highest BCUT2D eigenvalue weighted by Gasteiger charge is 2.01. The van der Waals surface area contributed by atoms with Crippen LogP contribution in [-0.4, -0.2) is 21.1 Å². The van der Waals surface area contributed by atoms with Crippen LogP contribution in [0.15, 0.2) is 23.3 Å². The minimum Gasteiger partial charge on any atom is -0.334 e. The largest absolute Gasteiger partial charge is 0.334 e. The number of nitrogens with zero attached hydrogens (tertiary/aromatic N) is 3. The van der Waals surface area contributed by atoms with E-state index >= 15 is 0 Å². The molecule has 0 aliphatic rings. The molecule has 0 atom stereocenters. The van der Waals surface area contributed by atoms with Crippen molar-refractivity contribution in [3.8, 4) is 0 Å². The van der Waals surface area contributed by atoms with Gasteiger partial charge in [-0.3, -0.25) is 0 Å². The van der Waals surface area contributed by atoms with E-state index in [2.05, 4.69) is 32.2 Å². The maximum atomic E-state index is 4.36. The Kier molecular flexibility index (Phi) is 4.70. The summed E-state index contributed by atoms with van der Waals surface area (Å²) in [6, 6.07) is 0. The van der Waals surface area contributed by atoms with E-state index in [9.17, 15) is 0 Å². The highest BCUT2D eigenvalue weighted by atomic mass is 32.1. The van der Waals surface area contributed by atoms with E-state index in [0.717, 1.165) is 38.3 Å². The molecule has 2 rings (SSSR count). The van der Waals surface area contributed by atoms with Crippen molar-refractivity contribution < 1.29 is 0 Å². The van der Waals surface area contributed by atoms with Gasteiger partial charge in [-0.05, 0) is 6.42 Å². The van der Waals surface area contributed by atoms with Crippen molar-refractivity contribution >= 4 is 11.3 Å². The first kappa shape index (κ1) is 12.3. The van der Waals surface area contributed by atoms with Gasteiger partial charge in [0.25, 0.3) is 0 Å². The Morgan fingerprint density at radius 1 is 1.41 bits per heavy atom. The van der Waals surface area contributed by atoms with Crippen molar-refractivity contribution in [3.05, 3.63) is 34.8 Å². The first-order valence-corrected chi connectivity index (χ1v) is 6.92. The van der Waals surface area contributed by atoms with Gasteiger partial charge < -0.3 is 9.88 Å². The maximum Gasteiger partial charge on any atom is 0.122 e. The third-order valence-electron chi connectivity index (χ3n) is 2.59. The average Bonchev–Trinajstić information content (AvgIpc) is 2.96. The van der Waals surface area contributed by atoms with Gasteiger partial charge in [0.15, 0.2) is 0 Å². The third-order valence-corrected chi connectivity index (χ3v) is 3.23. The molecule has 5 heteroatoms. The number of aromatic nitrogens is 3. The van der Waals surface area contributed by atoms with E-state index in [0.29, 0.717) is 0 Å². The van der Waals surface area contributed by atoms with Crippen LogP contribution in [0.2, 0.25) is 0 Å². The summed E-state index contributed by atoms with van der Waals surface area (Å²) in [6.45, 7) is 5.00. The summed E-state index contributed by atoms with van der Waals surface area (Å²) >= 11 is 1.65. The van der Waals surface area contributed by atoms with Crippen LogP contribution in [0, 0.1) is 0 Å². The van der Waals surface area contributed by atoms with Gasteiger partial charge in [0.1, 0.15) is 5.82 Å². The number of nitrogens with one attached hydrogen (secondary N) is 1. The van der Waals surface area contributed by atoms with Crippen molar-refractivity contribution in [2.45, 2.75) is 32.9 Å². The smallest absolute Gasteiger partial charge is 0.122 e. The van der Waals surface area contributed by atoms with Crippen molar-refractivity contribution in [3.63, 3.8) is 0 Å². The van der Waals surface area contributed by atoms with E-state index in [4.69, 9.17) is 0 Å². The number of thiazole rings is 1. The Hall–Kier alpha value is -1.20. The van der Waals surface area contributed by atoms with Crippen molar-refractivity contribution in [1.82, 2.24) is 19.9 Å². The van der Waals surface area contributed by atoms with E-state index in [1.165, 1.54) is 5.69 Å². The quantitative estimate of drug-likeness (QED) is 0.765. The summed E-state index contributed by atoms with van der Waals surface area (Å²) in [6.07, 6.45) is 6.04. The van der Waals surface area contributed by atoms with Gasteiger partial charge in [0.2, 0.25) is 0 Å². The minimum atomic E-state index is 0.830. The molecule has 0 radical (unpaired) electrons. The molecule has 0 fully saturated rings. The number of imidazole rings is 1. The Morgan fingerprint density at radius 2 is 2.35 bits per heavy atom. The first-order chi connectivity index (χ1) is 8.40. The minimum absolute atomic E-state index is 0.830. The average molecular weight is 250 g/mol. The van der Waals surface area contributed by atoms with Gasteiger partial charge >= 0.3 is 0 Å². The fourth-order valence-corrected chi connectivity index (χ4v) is 2.32. The van der Waals surface area contributed by atoms with Gasteiger partial charge in [0, 0.05) is 37.3 Å². The number of rotatable bonds is 7. The fourth-order valence-electron chi connectivity index (χ4n) is 1.73. The van der Waals surface area contributed by atoms with Crippen LogP contribution in [0.25, 0.3) is 0 Å². The zero-order chi connectivity index (χ0) is 11.9. The van der Waals surface area contributed by atoms with Crippen LogP contribution in [0.4, 0.5) is 0 Å². The van der Waals surface area contributed by atoms with E-state index < -0.39 is 0 Å². The predicted molar refractivity (Wildman–Crippen MR) is 70.0 cm³/mol. The highest BCUT2D eigenvalue weighted by Crippen LogP contribution is 2.02. The number of aryl methyl sites for hydroxylation is 1. The second-order valence-electron chi connectivity index (χ2n) is 3.94.